The van der Waals surface area contributed by atoms with E-state index in [1.165, 1.54) is 6.07 Å². The van der Waals surface area contributed by atoms with Crippen LogP contribution in [0.4, 0.5) is 0 Å². The molecule has 1 aromatic carbocycles. The van der Waals surface area contributed by atoms with E-state index in [0.29, 0.717) is 18.9 Å². The molecule has 0 aliphatic heterocycles. The Hall–Kier alpha value is -2.24. The van der Waals surface area contributed by atoms with E-state index < -0.39 is 5.97 Å². The van der Waals surface area contributed by atoms with E-state index in [4.69, 9.17) is 14.6 Å². The van der Waals surface area contributed by atoms with Crippen LogP contribution in [0, 0.1) is 0 Å². The Balaban J connectivity index is 2.75. The smallest absolute Gasteiger partial charge is 0.339 e. The van der Waals surface area contributed by atoms with Crippen LogP contribution in [0.5, 0.6) is 11.5 Å². The van der Waals surface area contributed by atoms with Gasteiger partial charge in [0.05, 0.1) is 6.61 Å². The van der Waals surface area contributed by atoms with Gasteiger partial charge in [0.1, 0.15) is 5.56 Å². The highest BCUT2D eigenvalue weighted by Gasteiger charge is 2.17. The van der Waals surface area contributed by atoms with Gasteiger partial charge in [-0.25, -0.2) is 4.79 Å². The van der Waals surface area contributed by atoms with Crippen molar-refractivity contribution < 1.29 is 24.2 Å². The molecule has 0 unspecified atom stereocenters. The highest BCUT2D eigenvalue weighted by Crippen LogP contribution is 2.31. The number of aromatic carboxylic acids is 1. The van der Waals surface area contributed by atoms with E-state index in [2.05, 4.69) is 5.32 Å². The third-order valence-electron chi connectivity index (χ3n) is 2.71. The minimum absolute atomic E-state index is 0.0256. The van der Waals surface area contributed by atoms with Crippen LogP contribution in [0.1, 0.15) is 37.0 Å². The maximum Gasteiger partial charge on any atom is 0.339 e. The molecule has 6 heteroatoms. The van der Waals surface area contributed by atoms with Crippen LogP contribution in [-0.2, 0) is 4.79 Å². The van der Waals surface area contributed by atoms with Crippen molar-refractivity contribution in [2.24, 2.45) is 0 Å². The Kier molecular flexibility index (Phi) is 7.08. The van der Waals surface area contributed by atoms with Crippen molar-refractivity contribution in [3.63, 3.8) is 0 Å². The van der Waals surface area contributed by atoms with E-state index >= 15 is 0 Å². The van der Waals surface area contributed by atoms with Gasteiger partial charge in [0.2, 0.25) is 0 Å². The molecule has 0 saturated carbocycles. The lowest BCUT2D eigenvalue weighted by molar-refractivity contribution is -0.123. The summed E-state index contributed by atoms with van der Waals surface area (Å²) in [5.41, 5.74) is -0.0256. The molecule has 0 spiro atoms. The minimum Gasteiger partial charge on any atom is -0.490 e. The maximum atomic E-state index is 11.6. The lowest BCUT2D eigenvalue weighted by Gasteiger charge is -2.14. The Bertz CT molecular complexity index is 487. The van der Waals surface area contributed by atoms with E-state index in [-0.39, 0.29) is 23.8 Å². The standard InChI is InChI=1S/C15H21NO5/c1-3-5-9-16-13(17)10-21-14-11(15(18)19)7-6-8-12(14)20-4-2/h6-8H,3-5,9-10H2,1-2H3,(H,16,17)(H,18,19). The zero-order valence-electron chi connectivity index (χ0n) is 12.3. The number of rotatable bonds is 9. The molecule has 0 atom stereocenters. The van der Waals surface area contributed by atoms with Crippen LogP contribution in [0.15, 0.2) is 18.2 Å². The summed E-state index contributed by atoms with van der Waals surface area (Å²) in [5, 5.41) is 11.9. The molecule has 116 valence electrons. The number of carboxylic acid groups (broad SMARTS) is 1. The molecule has 0 aromatic heterocycles. The molecular weight excluding hydrogens is 274 g/mol. The van der Waals surface area contributed by atoms with Crippen LogP contribution < -0.4 is 14.8 Å². The molecular formula is C15H21NO5. The first kappa shape index (κ1) is 16.8. The molecule has 0 aliphatic carbocycles. The molecule has 6 nitrogen and oxygen atoms in total. The Morgan fingerprint density at radius 2 is 2.00 bits per heavy atom. The van der Waals surface area contributed by atoms with Crippen molar-refractivity contribution in [1.29, 1.82) is 0 Å². The average molecular weight is 295 g/mol. The van der Waals surface area contributed by atoms with Gasteiger partial charge in [-0.2, -0.15) is 0 Å². The van der Waals surface area contributed by atoms with E-state index in [1.54, 1.807) is 19.1 Å². The molecule has 0 fully saturated rings. The number of carbonyl (C=O) groups excluding carboxylic acids is 1. The van der Waals surface area contributed by atoms with Crippen LogP contribution in [-0.4, -0.2) is 36.7 Å². The van der Waals surface area contributed by atoms with Gasteiger partial charge in [-0.15, -0.1) is 0 Å². The predicted octanol–water partition coefficient (Wildman–Crippen LogP) is 2.08. The molecule has 2 N–H and O–H groups in total. The van der Waals surface area contributed by atoms with Crippen molar-refractivity contribution >= 4 is 11.9 Å². The molecule has 1 rings (SSSR count). The summed E-state index contributed by atoms with van der Waals surface area (Å²) in [6, 6.07) is 4.60. The van der Waals surface area contributed by atoms with Gasteiger partial charge < -0.3 is 19.9 Å². The van der Waals surface area contributed by atoms with Gasteiger partial charge in [-0.3, -0.25) is 4.79 Å². The van der Waals surface area contributed by atoms with Gasteiger partial charge in [-0.1, -0.05) is 19.4 Å². The second kappa shape index (κ2) is 8.84. The third-order valence-corrected chi connectivity index (χ3v) is 2.71. The zero-order valence-corrected chi connectivity index (χ0v) is 12.3. The Morgan fingerprint density at radius 3 is 2.62 bits per heavy atom. The van der Waals surface area contributed by atoms with Gasteiger partial charge in [-0.05, 0) is 25.5 Å². The highest BCUT2D eigenvalue weighted by molar-refractivity contribution is 5.92. The van der Waals surface area contributed by atoms with Crippen LogP contribution >= 0.6 is 0 Å². The first-order valence-corrected chi connectivity index (χ1v) is 6.98. The number of benzene rings is 1. The average Bonchev–Trinajstić information content (AvgIpc) is 2.46. The summed E-state index contributed by atoms with van der Waals surface area (Å²) in [7, 11) is 0. The zero-order chi connectivity index (χ0) is 15.7. The highest BCUT2D eigenvalue weighted by atomic mass is 16.5. The molecule has 0 radical (unpaired) electrons. The van der Waals surface area contributed by atoms with E-state index in [9.17, 15) is 9.59 Å². The van der Waals surface area contributed by atoms with Crippen molar-refractivity contribution in [2.45, 2.75) is 26.7 Å². The summed E-state index contributed by atoms with van der Waals surface area (Å²) >= 11 is 0. The van der Waals surface area contributed by atoms with Crippen LogP contribution in [0.2, 0.25) is 0 Å². The van der Waals surface area contributed by atoms with Gasteiger partial charge >= 0.3 is 5.97 Å². The second-order valence-electron chi connectivity index (χ2n) is 4.36. The number of ether oxygens (including phenoxy) is 2. The second-order valence-corrected chi connectivity index (χ2v) is 4.36. The minimum atomic E-state index is -1.13. The number of hydrogen-bond donors (Lipinski definition) is 2. The lowest BCUT2D eigenvalue weighted by atomic mass is 10.2. The quantitative estimate of drug-likeness (QED) is 0.681. The predicted molar refractivity (Wildman–Crippen MR) is 78.0 cm³/mol. The fraction of sp³-hybridized carbons (Fsp3) is 0.467. The Labute approximate surface area is 124 Å². The van der Waals surface area contributed by atoms with Gasteiger partial charge in [0.15, 0.2) is 18.1 Å². The van der Waals surface area contributed by atoms with E-state index in [1.807, 2.05) is 6.92 Å². The summed E-state index contributed by atoms with van der Waals surface area (Å²) in [5.74, 6) is -1.01. The van der Waals surface area contributed by atoms with Crippen molar-refractivity contribution in [2.75, 3.05) is 19.8 Å². The summed E-state index contributed by atoms with van der Waals surface area (Å²) < 4.78 is 10.7. The molecule has 21 heavy (non-hydrogen) atoms. The lowest BCUT2D eigenvalue weighted by Crippen LogP contribution is -2.30. The SMILES string of the molecule is CCCCNC(=O)COc1c(OCC)cccc1C(=O)O. The molecule has 0 heterocycles. The number of nitrogens with one attached hydrogen (secondary N) is 1. The maximum absolute atomic E-state index is 11.6. The molecule has 0 aliphatic rings. The number of carbonyl (C=O) groups is 2. The van der Waals surface area contributed by atoms with Gasteiger partial charge in [0.25, 0.3) is 5.91 Å². The number of hydrogen-bond acceptors (Lipinski definition) is 4. The Morgan fingerprint density at radius 1 is 1.24 bits per heavy atom. The largest absolute Gasteiger partial charge is 0.490 e. The van der Waals surface area contributed by atoms with Crippen molar-refractivity contribution in [1.82, 2.24) is 5.32 Å². The topological polar surface area (TPSA) is 84.9 Å². The summed E-state index contributed by atoms with van der Waals surface area (Å²) in [6.07, 6.45) is 1.87. The molecule has 0 bridgehead atoms. The van der Waals surface area contributed by atoms with E-state index in [0.717, 1.165) is 12.8 Å². The van der Waals surface area contributed by atoms with Crippen LogP contribution in [0.3, 0.4) is 0 Å². The fourth-order valence-electron chi connectivity index (χ4n) is 1.70. The summed E-state index contributed by atoms with van der Waals surface area (Å²) in [4.78, 5) is 22.8. The van der Waals surface area contributed by atoms with Crippen LogP contribution in [0.25, 0.3) is 0 Å². The normalized spacial score (nSPS) is 10.0. The third kappa shape index (κ3) is 5.33. The molecule has 0 saturated heterocycles. The fourth-order valence-corrected chi connectivity index (χ4v) is 1.70. The first-order valence-electron chi connectivity index (χ1n) is 6.98. The first-order chi connectivity index (χ1) is 10.1. The molecule has 1 aromatic rings. The van der Waals surface area contributed by atoms with Gasteiger partial charge in [0, 0.05) is 6.54 Å². The molecule has 1 amide bonds. The summed E-state index contributed by atoms with van der Waals surface area (Å²) in [6.45, 7) is 4.53. The number of unbranched alkanes of at least 4 members (excludes halogenated alkanes) is 1. The van der Waals surface area contributed by atoms with Crippen molar-refractivity contribution in [3.8, 4) is 11.5 Å². The number of para-hydroxylation sites is 1. The number of amides is 1. The number of carboxylic acids is 1. The monoisotopic (exact) mass is 295 g/mol. The van der Waals surface area contributed by atoms with Crippen molar-refractivity contribution in [3.05, 3.63) is 23.8 Å².